The van der Waals surface area contributed by atoms with E-state index in [1.807, 2.05) is 6.07 Å². The average Bonchev–Trinajstić information content (AvgIpc) is 3.28. The van der Waals surface area contributed by atoms with Crippen molar-refractivity contribution < 1.29 is 19.1 Å². The first-order valence-corrected chi connectivity index (χ1v) is 10.7. The first kappa shape index (κ1) is 22.2. The number of ether oxygens (including phenoxy) is 1. The Balaban J connectivity index is 1.68. The fourth-order valence-electron chi connectivity index (χ4n) is 4.03. The largest absolute Gasteiger partial charge is 0.466 e. The van der Waals surface area contributed by atoms with Crippen LogP contribution < -0.4 is 15.9 Å². The van der Waals surface area contributed by atoms with Gasteiger partial charge in [0.05, 0.1) is 30.3 Å². The van der Waals surface area contributed by atoms with Gasteiger partial charge in [0.2, 0.25) is 5.82 Å². The maximum atomic E-state index is 13.3. The van der Waals surface area contributed by atoms with Gasteiger partial charge in [-0.1, -0.05) is 18.2 Å². The predicted octanol–water partition coefficient (Wildman–Crippen LogP) is 2.24. The number of aromatic nitrogens is 2. The molecule has 33 heavy (non-hydrogen) atoms. The Hall–Kier alpha value is -4.02. The minimum absolute atomic E-state index is 0.0872. The van der Waals surface area contributed by atoms with Crippen LogP contribution in [0.15, 0.2) is 40.2 Å². The molecule has 2 aromatic rings. The van der Waals surface area contributed by atoms with E-state index >= 15 is 0 Å². The number of nitrogens with one attached hydrogen (secondary N) is 2. The fourth-order valence-corrected chi connectivity index (χ4v) is 4.03. The van der Waals surface area contributed by atoms with Crippen molar-refractivity contribution in [2.24, 2.45) is 5.10 Å². The minimum atomic E-state index is -0.771. The zero-order valence-electron chi connectivity index (χ0n) is 18.3. The fraction of sp³-hybridized carbons (Fsp3) is 0.364. The number of carbonyl (C=O) groups is 3. The molecule has 1 aromatic carbocycles. The molecule has 0 bridgehead atoms. The van der Waals surface area contributed by atoms with Gasteiger partial charge >= 0.3 is 17.9 Å². The van der Waals surface area contributed by atoms with Crippen molar-refractivity contribution in [1.29, 1.82) is 0 Å². The summed E-state index contributed by atoms with van der Waals surface area (Å²) in [7, 11) is 0. The van der Waals surface area contributed by atoms with Crippen LogP contribution >= 0.6 is 0 Å². The van der Waals surface area contributed by atoms with Crippen LogP contribution in [-0.4, -0.2) is 51.6 Å². The number of hydrogen-bond donors (Lipinski definition) is 2. The van der Waals surface area contributed by atoms with Crippen molar-refractivity contribution in [3.8, 4) is 0 Å². The molecule has 0 spiro atoms. The Morgan fingerprint density at radius 3 is 2.76 bits per heavy atom. The Kier molecular flexibility index (Phi) is 6.20. The lowest BCUT2D eigenvalue weighted by Crippen LogP contribution is -2.48. The smallest absolute Gasteiger partial charge is 0.330 e. The highest BCUT2D eigenvalue weighted by molar-refractivity contribution is 6.02. The lowest BCUT2D eigenvalue weighted by atomic mass is 10.0. The number of benzene rings is 1. The second-order valence-corrected chi connectivity index (χ2v) is 7.73. The molecule has 1 saturated heterocycles. The van der Waals surface area contributed by atoms with Crippen LogP contribution in [-0.2, 0) is 9.53 Å². The molecule has 2 aliphatic rings. The third-order valence-corrected chi connectivity index (χ3v) is 5.45. The molecule has 11 nitrogen and oxygen atoms in total. The van der Waals surface area contributed by atoms with Gasteiger partial charge in [0.25, 0.3) is 5.56 Å². The molecule has 2 aliphatic heterocycles. The molecule has 1 fully saturated rings. The monoisotopic (exact) mass is 452 g/mol. The van der Waals surface area contributed by atoms with Crippen LogP contribution in [0, 0.1) is 0 Å². The number of urea groups is 1. The number of rotatable bonds is 6. The number of amides is 3. The second kappa shape index (κ2) is 9.23. The summed E-state index contributed by atoms with van der Waals surface area (Å²) in [6, 6.07) is 8.18. The van der Waals surface area contributed by atoms with E-state index in [4.69, 9.17) is 4.74 Å². The van der Waals surface area contributed by atoms with Crippen LogP contribution in [0.2, 0.25) is 0 Å². The third-order valence-electron chi connectivity index (χ3n) is 5.45. The van der Waals surface area contributed by atoms with Crippen LogP contribution in [0.1, 0.15) is 55.3 Å². The van der Waals surface area contributed by atoms with E-state index in [1.165, 1.54) is 4.90 Å². The van der Waals surface area contributed by atoms with Gasteiger partial charge in [0.15, 0.2) is 5.82 Å². The summed E-state index contributed by atoms with van der Waals surface area (Å²) in [5.41, 5.74) is 3.03. The van der Waals surface area contributed by atoms with E-state index < -0.39 is 17.4 Å². The van der Waals surface area contributed by atoms with Crippen molar-refractivity contribution >= 4 is 35.1 Å². The SMILES string of the molecule is CCOC(=O)C/C(C)=N/NC(=O)c1nc2c(c(=O)[nH]1)C1CCCN1C(=O)N2c1ccccc1. The van der Waals surface area contributed by atoms with E-state index in [9.17, 15) is 19.2 Å². The van der Waals surface area contributed by atoms with E-state index in [0.717, 1.165) is 6.42 Å². The van der Waals surface area contributed by atoms with Crippen molar-refractivity contribution in [1.82, 2.24) is 20.3 Å². The van der Waals surface area contributed by atoms with E-state index in [2.05, 4.69) is 20.5 Å². The Labute approximate surface area is 189 Å². The molecule has 0 saturated carbocycles. The maximum absolute atomic E-state index is 13.3. The number of aromatic amines is 1. The highest BCUT2D eigenvalue weighted by Gasteiger charge is 2.44. The molecule has 4 rings (SSSR count). The minimum Gasteiger partial charge on any atom is -0.466 e. The van der Waals surface area contributed by atoms with Crippen molar-refractivity contribution in [2.45, 2.75) is 39.2 Å². The van der Waals surface area contributed by atoms with Gasteiger partial charge in [0, 0.05) is 12.3 Å². The number of carbonyl (C=O) groups excluding carboxylic acids is 3. The highest BCUT2D eigenvalue weighted by Crippen LogP contribution is 2.42. The number of hydrogen-bond acceptors (Lipinski definition) is 7. The summed E-state index contributed by atoms with van der Waals surface area (Å²) in [6.07, 6.45) is 1.33. The summed E-state index contributed by atoms with van der Waals surface area (Å²) < 4.78 is 4.85. The Morgan fingerprint density at radius 1 is 1.27 bits per heavy atom. The molecular weight excluding hydrogens is 428 g/mol. The summed E-state index contributed by atoms with van der Waals surface area (Å²) >= 11 is 0. The Bertz CT molecular complexity index is 1180. The molecule has 0 radical (unpaired) electrons. The molecule has 11 heteroatoms. The van der Waals surface area contributed by atoms with Crippen LogP contribution in [0.3, 0.4) is 0 Å². The number of esters is 1. The first-order chi connectivity index (χ1) is 15.9. The first-order valence-electron chi connectivity index (χ1n) is 10.7. The normalized spacial score (nSPS) is 17.5. The lowest BCUT2D eigenvalue weighted by molar-refractivity contribution is -0.141. The predicted molar refractivity (Wildman–Crippen MR) is 119 cm³/mol. The summed E-state index contributed by atoms with van der Waals surface area (Å²) in [5.74, 6) is -1.39. The number of nitrogens with zero attached hydrogens (tertiary/aromatic N) is 4. The van der Waals surface area contributed by atoms with E-state index in [-0.39, 0.29) is 36.7 Å². The van der Waals surface area contributed by atoms with Crippen LogP contribution in [0.4, 0.5) is 16.3 Å². The number of para-hydroxylation sites is 1. The lowest BCUT2D eigenvalue weighted by Gasteiger charge is -2.37. The summed E-state index contributed by atoms with van der Waals surface area (Å²) in [6.45, 7) is 4.04. The molecule has 172 valence electrons. The molecule has 2 N–H and O–H groups in total. The van der Waals surface area contributed by atoms with Gasteiger partial charge in [-0.15, -0.1) is 0 Å². The van der Waals surface area contributed by atoms with Crippen LogP contribution in [0.25, 0.3) is 0 Å². The second-order valence-electron chi connectivity index (χ2n) is 7.73. The number of fused-ring (bicyclic) bond motifs is 3. The molecule has 1 unspecified atom stereocenters. The van der Waals surface area contributed by atoms with Gasteiger partial charge < -0.3 is 14.6 Å². The molecule has 1 aromatic heterocycles. The number of H-pyrrole nitrogens is 1. The van der Waals surface area contributed by atoms with E-state index in [0.29, 0.717) is 29.9 Å². The maximum Gasteiger partial charge on any atom is 0.330 e. The number of hydrazone groups is 1. The topological polar surface area (TPSA) is 137 Å². The average molecular weight is 452 g/mol. The van der Waals surface area contributed by atoms with Crippen molar-refractivity contribution in [3.05, 3.63) is 52.1 Å². The van der Waals surface area contributed by atoms with Crippen LogP contribution in [0.5, 0.6) is 0 Å². The highest BCUT2D eigenvalue weighted by atomic mass is 16.5. The summed E-state index contributed by atoms with van der Waals surface area (Å²) in [5, 5.41) is 3.88. The van der Waals surface area contributed by atoms with Gasteiger partial charge in [-0.3, -0.25) is 14.4 Å². The Morgan fingerprint density at radius 2 is 2.03 bits per heavy atom. The van der Waals surface area contributed by atoms with Gasteiger partial charge in [0.1, 0.15) is 0 Å². The molecule has 3 heterocycles. The van der Waals surface area contributed by atoms with Crippen molar-refractivity contribution in [3.63, 3.8) is 0 Å². The zero-order chi connectivity index (χ0) is 23.5. The molecular formula is C22H24N6O5. The third kappa shape index (κ3) is 4.34. The summed E-state index contributed by atoms with van der Waals surface area (Å²) in [4.78, 5) is 60.4. The van der Waals surface area contributed by atoms with Crippen molar-refractivity contribution in [2.75, 3.05) is 18.1 Å². The van der Waals surface area contributed by atoms with Gasteiger partial charge in [-0.05, 0) is 38.8 Å². The molecule has 0 aliphatic carbocycles. The molecule has 1 atom stereocenters. The number of anilines is 2. The van der Waals surface area contributed by atoms with E-state index in [1.54, 1.807) is 43.0 Å². The quantitative estimate of drug-likeness (QED) is 0.392. The van der Waals surface area contributed by atoms with Gasteiger partial charge in [-0.2, -0.15) is 5.10 Å². The standard InChI is InChI=1S/C22H24N6O5/c1-3-33-16(29)12-13(2)25-26-21(31)18-23-19-17(20(30)24-18)15-10-7-11-27(15)22(32)28(19)14-8-5-4-6-9-14/h4-6,8-9,15H,3,7,10-12H2,1-2H3,(H,26,31)(H,23,24,30)/b25-13+. The zero-order valence-corrected chi connectivity index (χ0v) is 18.3. The molecule has 3 amide bonds. The van der Waals surface area contributed by atoms with Gasteiger partial charge in [-0.25, -0.2) is 20.1 Å².